The van der Waals surface area contributed by atoms with Crippen molar-refractivity contribution < 1.29 is 0 Å². The summed E-state index contributed by atoms with van der Waals surface area (Å²) in [6.07, 6.45) is 0. The van der Waals surface area contributed by atoms with Crippen LogP contribution in [0, 0.1) is 0 Å². The second-order valence-corrected chi connectivity index (χ2v) is 8.33. The van der Waals surface area contributed by atoms with Crippen LogP contribution in [0.4, 0.5) is 0 Å². The summed E-state index contributed by atoms with van der Waals surface area (Å²) in [4.78, 5) is 26.1. The zero-order chi connectivity index (χ0) is 22.6. The number of nitrogens with zero attached hydrogens (tertiary/aromatic N) is 3. The van der Waals surface area contributed by atoms with Gasteiger partial charge >= 0.3 is 0 Å². The van der Waals surface area contributed by atoms with E-state index in [9.17, 15) is 4.79 Å². The number of hydrogen-bond acceptors (Lipinski definition) is 3. The molecule has 0 saturated heterocycles. The maximum atomic E-state index is 12.9. The third kappa shape index (κ3) is 2.64. The number of pyridine rings is 1. The zero-order valence-electron chi connectivity index (χ0n) is 18.1. The molecule has 3 heterocycles. The van der Waals surface area contributed by atoms with E-state index in [2.05, 4.69) is 27.8 Å². The number of fused-ring (bicyclic) bond motifs is 6. The van der Waals surface area contributed by atoms with Crippen molar-refractivity contribution in [1.29, 1.82) is 0 Å². The van der Waals surface area contributed by atoms with Gasteiger partial charge in [0.15, 0.2) is 0 Å². The minimum atomic E-state index is -0.101. The maximum Gasteiger partial charge on any atom is 0.256 e. The fraction of sp³-hybridized carbons (Fsp3) is 0. The number of aromatic amines is 1. The first kappa shape index (κ1) is 18.8. The van der Waals surface area contributed by atoms with E-state index in [4.69, 9.17) is 9.97 Å². The highest BCUT2D eigenvalue weighted by atomic mass is 16.1. The van der Waals surface area contributed by atoms with Gasteiger partial charge in [-0.2, -0.15) is 0 Å². The lowest BCUT2D eigenvalue weighted by Crippen LogP contribution is -2.08. The first-order chi connectivity index (χ1) is 16.8. The third-order valence-corrected chi connectivity index (χ3v) is 6.38. The van der Waals surface area contributed by atoms with Crippen LogP contribution in [0.15, 0.2) is 108 Å². The molecule has 3 aromatic heterocycles. The number of rotatable bonds is 2. The molecule has 4 aromatic carbocycles. The lowest BCUT2D eigenvalue weighted by atomic mass is 10.1. The van der Waals surface area contributed by atoms with Crippen molar-refractivity contribution in [1.82, 2.24) is 19.5 Å². The van der Waals surface area contributed by atoms with Crippen molar-refractivity contribution in [2.75, 3.05) is 0 Å². The van der Waals surface area contributed by atoms with E-state index < -0.39 is 0 Å². The monoisotopic (exact) mass is 438 g/mol. The molecule has 7 rings (SSSR count). The van der Waals surface area contributed by atoms with Crippen LogP contribution in [0.5, 0.6) is 0 Å². The second-order valence-electron chi connectivity index (χ2n) is 8.33. The van der Waals surface area contributed by atoms with E-state index in [0.29, 0.717) is 11.3 Å². The van der Waals surface area contributed by atoms with Gasteiger partial charge in [-0.25, -0.2) is 9.97 Å². The van der Waals surface area contributed by atoms with Crippen LogP contribution >= 0.6 is 0 Å². The fourth-order valence-corrected chi connectivity index (χ4v) is 4.88. The molecule has 0 aliphatic carbocycles. The Morgan fingerprint density at radius 1 is 0.618 bits per heavy atom. The molecule has 0 amide bonds. The minimum absolute atomic E-state index is 0.101. The van der Waals surface area contributed by atoms with E-state index in [1.807, 2.05) is 84.9 Å². The molecule has 0 spiro atoms. The molecule has 7 aromatic rings. The molecule has 0 bridgehead atoms. The summed E-state index contributed by atoms with van der Waals surface area (Å²) in [6, 6.07) is 34.0. The molecule has 160 valence electrons. The van der Waals surface area contributed by atoms with E-state index in [1.54, 1.807) is 0 Å². The van der Waals surface area contributed by atoms with Gasteiger partial charge < -0.3 is 4.98 Å². The standard InChI is InChI=1S/C29H18N4O/c34-28-20-13-5-4-12-19(20)27-26(31-28)22-15-7-9-17-24(22)33(27)29-30-23-16-8-6-14-21(23)25(32-29)18-10-2-1-3-11-18/h1-17H,(H,31,34). The summed E-state index contributed by atoms with van der Waals surface area (Å²) in [7, 11) is 0. The Bertz CT molecular complexity index is 1930. The van der Waals surface area contributed by atoms with Crippen molar-refractivity contribution >= 4 is 43.6 Å². The highest BCUT2D eigenvalue weighted by Gasteiger charge is 2.19. The Morgan fingerprint density at radius 3 is 2.09 bits per heavy atom. The summed E-state index contributed by atoms with van der Waals surface area (Å²) in [5, 5.41) is 3.47. The molecule has 34 heavy (non-hydrogen) atoms. The average molecular weight is 438 g/mol. The van der Waals surface area contributed by atoms with Crippen molar-refractivity contribution in [3.8, 4) is 17.2 Å². The minimum Gasteiger partial charge on any atom is -0.320 e. The topological polar surface area (TPSA) is 63.6 Å². The average Bonchev–Trinajstić information content (AvgIpc) is 3.23. The van der Waals surface area contributed by atoms with Crippen LogP contribution in [0.3, 0.4) is 0 Å². The molecule has 5 nitrogen and oxygen atoms in total. The number of nitrogens with one attached hydrogen (secondary N) is 1. The molecule has 0 aliphatic rings. The van der Waals surface area contributed by atoms with Gasteiger partial charge in [0.1, 0.15) is 0 Å². The van der Waals surface area contributed by atoms with Gasteiger partial charge in [-0.1, -0.05) is 84.9 Å². The van der Waals surface area contributed by atoms with E-state index >= 15 is 0 Å². The molecular formula is C29H18N4O. The van der Waals surface area contributed by atoms with Crippen molar-refractivity contribution in [2.45, 2.75) is 0 Å². The Morgan fingerprint density at radius 2 is 1.26 bits per heavy atom. The van der Waals surface area contributed by atoms with Crippen LogP contribution in [0.2, 0.25) is 0 Å². The van der Waals surface area contributed by atoms with Crippen LogP contribution in [-0.4, -0.2) is 19.5 Å². The molecule has 0 unspecified atom stereocenters. The van der Waals surface area contributed by atoms with Crippen molar-refractivity contribution in [2.24, 2.45) is 0 Å². The van der Waals surface area contributed by atoms with Gasteiger partial charge in [-0.15, -0.1) is 0 Å². The molecule has 0 atom stereocenters. The maximum absolute atomic E-state index is 12.9. The molecule has 0 radical (unpaired) electrons. The van der Waals surface area contributed by atoms with Gasteiger partial charge in [0.2, 0.25) is 5.95 Å². The van der Waals surface area contributed by atoms with Gasteiger partial charge in [0.25, 0.3) is 5.56 Å². The smallest absolute Gasteiger partial charge is 0.256 e. The number of para-hydroxylation sites is 2. The molecular weight excluding hydrogens is 420 g/mol. The summed E-state index contributed by atoms with van der Waals surface area (Å²) in [6.45, 7) is 0. The van der Waals surface area contributed by atoms with Crippen molar-refractivity contribution in [3.05, 3.63) is 113 Å². The number of aromatic nitrogens is 4. The predicted molar refractivity (Wildman–Crippen MR) is 137 cm³/mol. The number of benzene rings is 4. The van der Waals surface area contributed by atoms with Gasteiger partial charge in [0.05, 0.1) is 27.8 Å². The van der Waals surface area contributed by atoms with Crippen LogP contribution in [-0.2, 0) is 0 Å². The second kappa shape index (κ2) is 7.12. The van der Waals surface area contributed by atoms with Gasteiger partial charge in [-0.05, 0) is 18.2 Å². The van der Waals surface area contributed by atoms with E-state index in [1.165, 1.54) is 0 Å². The summed E-state index contributed by atoms with van der Waals surface area (Å²) >= 11 is 0. The summed E-state index contributed by atoms with van der Waals surface area (Å²) in [5.74, 6) is 0.570. The lowest BCUT2D eigenvalue weighted by molar-refractivity contribution is 1.02. The Labute approximate surface area is 194 Å². The largest absolute Gasteiger partial charge is 0.320 e. The highest BCUT2D eigenvalue weighted by molar-refractivity contribution is 6.16. The van der Waals surface area contributed by atoms with Gasteiger partial charge in [-0.3, -0.25) is 9.36 Å². The Hall–Kier alpha value is -4.77. The number of hydrogen-bond donors (Lipinski definition) is 1. The molecule has 1 N–H and O–H groups in total. The van der Waals surface area contributed by atoms with E-state index in [-0.39, 0.29) is 5.56 Å². The Balaban J connectivity index is 1.69. The Kier molecular flexibility index (Phi) is 3.93. The fourth-order valence-electron chi connectivity index (χ4n) is 4.88. The quantitative estimate of drug-likeness (QED) is 0.348. The van der Waals surface area contributed by atoms with Crippen LogP contribution in [0.25, 0.3) is 60.8 Å². The highest BCUT2D eigenvalue weighted by Crippen LogP contribution is 2.34. The van der Waals surface area contributed by atoms with Crippen molar-refractivity contribution in [3.63, 3.8) is 0 Å². The van der Waals surface area contributed by atoms with Crippen LogP contribution < -0.4 is 5.56 Å². The molecule has 0 fully saturated rings. The molecule has 5 heteroatoms. The molecule has 0 aliphatic heterocycles. The summed E-state index contributed by atoms with van der Waals surface area (Å²) in [5.41, 5.74) is 5.30. The van der Waals surface area contributed by atoms with Gasteiger partial charge in [0, 0.05) is 27.1 Å². The summed E-state index contributed by atoms with van der Waals surface area (Å²) < 4.78 is 2.07. The van der Waals surface area contributed by atoms with E-state index in [0.717, 1.165) is 49.5 Å². The zero-order valence-corrected chi connectivity index (χ0v) is 18.1. The SMILES string of the molecule is O=c1[nH]c2c3ccccc3n(-c3nc(-c4ccccc4)c4ccccc4n3)c2c2ccccc12. The third-order valence-electron chi connectivity index (χ3n) is 6.38. The normalized spacial score (nSPS) is 11.6. The first-order valence-corrected chi connectivity index (χ1v) is 11.2. The predicted octanol–water partition coefficient (Wildman–Crippen LogP) is 6.24. The first-order valence-electron chi connectivity index (χ1n) is 11.2. The molecule has 0 saturated carbocycles. The lowest BCUT2D eigenvalue weighted by Gasteiger charge is -2.12. The number of H-pyrrole nitrogens is 1. The van der Waals surface area contributed by atoms with Crippen LogP contribution in [0.1, 0.15) is 0 Å².